The largest absolute Gasteiger partial charge is 0.181 e. The third kappa shape index (κ3) is 3.03. The summed E-state index contributed by atoms with van der Waals surface area (Å²) in [4.78, 5) is 0. The molecule has 3 aromatic carbocycles. The standard InChI is InChI=1S/C23H25NP/c1-5-13-21(14-6-1)25(22-15-7-2-8-16-22,23-17-9-3-10-18-23)24-19-11-4-12-20-24/h1-3,5-10,13-18H,4,11-12,19-20H2/q+1. The molecule has 3 aromatic rings. The minimum atomic E-state index is -1.80. The Balaban J connectivity index is 2.01. The third-order valence-electron chi connectivity index (χ3n) is 5.15. The monoisotopic (exact) mass is 346 g/mol. The van der Waals surface area contributed by atoms with E-state index in [0.29, 0.717) is 0 Å². The Morgan fingerprint density at radius 1 is 0.480 bits per heavy atom. The molecule has 1 heterocycles. The number of piperidine rings is 1. The zero-order chi connectivity index (χ0) is 17.0. The smallest absolute Gasteiger partial charge is 0.166 e. The Hall–Kier alpha value is -1.95. The maximum Gasteiger partial charge on any atom is 0.181 e. The molecule has 4 rings (SSSR count). The van der Waals surface area contributed by atoms with Crippen LogP contribution in [0.1, 0.15) is 19.3 Å². The molecule has 0 spiro atoms. The summed E-state index contributed by atoms with van der Waals surface area (Å²) < 4.78 is 2.80. The lowest BCUT2D eigenvalue weighted by molar-refractivity contribution is 0.370. The molecule has 0 N–H and O–H groups in total. The van der Waals surface area contributed by atoms with E-state index in [4.69, 9.17) is 0 Å². The van der Waals surface area contributed by atoms with Crippen molar-refractivity contribution in [2.45, 2.75) is 19.3 Å². The van der Waals surface area contributed by atoms with Crippen LogP contribution in [0.3, 0.4) is 0 Å². The van der Waals surface area contributed by atoms with Crippen LogP contribution in [0.15, 0.2) is 91.0 Å². The fraction of sp³-hybridized carbons (Fsp3) is 0.217. The van der Waals surface area contributed by atoms with Crippen molar-refractivity contribution in [1.82, 2.24) is 4.67 Å². The molecule has 0 bridgehead atoms. The van der Waals surface area contributed by atoms with Gasteiger partial charge < -0.3 is 0 Å². The molecule has 0 saturated carbocycles. The van der Waals surface area contributed by atoms with Crippen molar-refractivity contribution in [3.63, 3.8) is 0 Å². The van der Waals surface area contributed by atoms with Crippen molar-refractivity contribution in [3.05, 3.63) is 91.0 Å². The predicted octanol–water partition coefficient (Wildman–Crippen LogP) is 4.38. The summed E-state index contributed by atoms with van der Waals surface area (Å²) in [5.74, 6) is 0. The highest BCUT2D eigenvalue weighted by molar-refractivity contribution is 7.93. The summed E-state index contributed by atoms with van der Waals surface area (Å²) in [5.41, 5.74) is 0. The van der Waals surface area contributed by atoms with Crippen LogP contribution in [-0.2, 0) is 0 Å². The molecule has 0 aromatic heterocycles. The van der Waals surface area contributed by atoms with Gasteiger partial charge in [-0.15, -0.1) is 0 Å². The van der Waals surface area contributed by atoms with E-state index < -0.39 is 7.41 Å². The molecule has 2 heteroatoms. The molecule has 126 valence electrons. The maximum atomic E-state index is 2.80. The molecule has 0 amide bonds. The van der Waals surface area contributed by atoms with Gasteiger partial charge in [0.05, 0.1) is 0 Å². The maximum absolute atomic E-state index is 2.80. The number of rotatable bonds is 4. The molecule has 1 nitrogen and oxygen atoms in total. The molecule has 0 radical (unpaired) electrons. The van der Waals surface area contributed by atoms with Gasteiger partial charge in [-0.25, -0.2) is 0 Å². The number of benzene rings is 3. The van der Waals surface area contributed by atoms with E-state index in [1.54, 1.807) is 0 Å². The van der Waals surface area contributed by atoms with Gasteiger partial charge in [0.1, 0.15) is 15.9 Å². The highest BCUT2D eigenvalue weighted by Gasteiger charge is 2.51. The second kappa shape index (κ2) is 7.52. The zero-order valence-electron chi connectivity index (χ0n) is 14.6. The van der Waals surface area contributed by atoms with Crippen LogP contribution >= 0.6 is 7.41 Å². The Kier molecular flexibility index (Phi) is 4.97. The van der Waals surface area contributed by atoms with E-state index in [1.165, 1.54) is 48.3 Å². The van der Waals surface area contributed by atoms with Crippen molar-refractivity contribution >= 4 is 23.3 Å². The fourth-order valence-electron chi connectivity index (χ4n) is 4.05. The Morgan fingerprint density at radius 3 is 1.20 bits per heavy atom. The van der Waals surface area contributed by atoms with Crippen LogP contribution < -0.4 is 15.9 Å². The molecule has 0 aliphatic carbocycles. The van der Waals surface area contributed by atoms with E-state index in [-0.39, 0.29) is 0 Å². The molecular formula is C23H25NP+. The van der Waals surface area contributed by atoms with Gasteiger partial charge in [-0.05, 0) is 49.2 Å². The molecule has 1 aliphatic rings. The van der Waals surface area contributed by atoms with Crippen LogP contribution in [0.2, 0.25) is 0 Å². The first kappa shape index (κ1) is 16.5. The molecule has 1 fully saturated rings. The van der Waals surface area contributed by atoms with Crippen LogP contribution in [-0.4, -0.2) is 17.8 Å². The highest BCUT2D eigenvalue weighted by atomic mass is 31.2. The fourth-order valence-corrected chi connectivity index (χ4v) is 8.61. The molecule has 1 saturated heterocycles. The summed E-state index contributed by atoms with van der Waals surface area (Å²) >= 11 is 0. The van der Waals surface area contributed by atoms with Gasteiger partial charge in [0.15, 0.2) is 7.41 Å². The lowest BCUT2D eigenvalue weighted by Crippen LogP contribution is -2.45. The zero-order valence-corrected chi connectivity index (χ0v) is 15.5. The number of nitrogens with zero attached hydrogens (tertiary/aromatic N) is 1. The van der Waals surface area contributed by atoms with Crippen molar-refractivity contribution in [3.8, 4) is 0 Å². The normalized spacial score (nSPS) is 15.8. The lowest BCUT2D eigenvalue weighted by atomic mass is 10.2. The molecular weight excluding hydrogens is 321 g/mol. The average molecular weight is 346 g/mol. The van der Waals surface area contributed by atoms with Gasteiger partial charge in [0.25, 0.3) is 0 Å². The van der Waals surface area contributed by atoms with Gasteiger partial charge in [-0.1, -0.05) is 61.0 Å². The summed E-state index contributed by atoms with van der Waals surface area (Å²) in [5, 5.41) is 4.40. The van der Waals surface area contributed by atoms with E-state index >= 15 is 0 Å². The molecule has 0 atom stereocenters. The van der Waals surface area contributed by atoms with Crippen LogP contribution in [0.25, 0.3) is 0 Å². The molecule has 25 heavy (non-hydrogen) atoms. The molecule has 0 unspecified atom stereocenters. The Bertz CT molecular complexity index is 683. The van der Waals surface area contributed by atoms with Gasteiger partial charge in [0.2, 0.25) is 0 Å². The Labute approximate surface area is 151 Å². The first-order valence-corrected chi connectivity index (χ1v) is 11.0. The average Bonchev–Trinajstić information content (AvgIpc) is 2.72. The summed E-state index contributed by atoms with van der Waals surface area (Å²) in [6.45, 7) is 2.37. The quantitative estimate of drug-likeness (QED) is 0.634. The van der Waals surface area contributed by atoms with E-state index in [2.05, 4.69) is 95.7 Å². The van der Waals surface area contributed by atoms with Crippen LogP contribution in [0.5, 0.6) is 0 Å². The highest BCUT2D eigenvalue weighted by Crippen LogP contribution is 2.59. The van der Waals surface area contributed by atoms with E-state index in [1.807, 2.05) is 0 Å². The van der Waals surface area contributed by atoms with Gasteiger partial charge in [-0.2, -0.15) is 4.67 Å². The molecule has 1 aliphatic heterocycles. The summed E-state index contributed by atoms with van der Waals surface area (Å²) in [7, 11) is -1.80. The minimum absolute atomic E-state index is 1.19. The lowest BCUT2D eigenvalue weighted by Gasteiger charge is -2.38. The van der Waals surface area contributed by atoms with Crippen LogP contribution in [0, 0.1) is 0 Å². The van der Waals surface area contributed by atoms with Crippen LogP contribution in [0.4, 0.5) is 0 Å². The predicted molar refractivity (Wildman–Crippen MR) is 111 cm³/mol. The van der Waals surface area contributed by atoms with Crippen molar-refractivity contribution in [1.29, 1.82) is 0 Å². The third-order valence-corrected chi connectivity index (χ3v) is 9.53. The van der Waals surface area contributed by atoms with Gasteiger partial charge in [-0.3, -0.25) is 0 Å². The number of hydrogen-bond acceptors (Lipinski definition) is 1. The van der Waals surface area contributed by atoms with Crippen molar-refractivity contribution in [2.75, 3.05) is 13.1 Å². The van der Waals surface area contributed by atoms with Crippen molar-refractivity contribution < 1.29 is 0 Å². The number of hydrogen-bond donors (Lipinski definition) is 0. The van der Waals surface area contributed by atoms with Gasteiger partial charge >= 0.3 is 0 Å². The summed E-state index contributed by atoms with van der Waals surface area (Å²) in [6, 6.07) is 33.6. The SMILES string of the molecule is c1ccc([P+](c2ccccc2)(c2ccccc2)N2CCCCC2)cc1. The van der Waals surface area contributed by atoms with Crippen molar-refractivity contribution in [2.24, 2.45) is 0 Å². The second-order valence-electron chi connectivity index (χ2n) is 6.66. The first-order chi connectivity index (χ1) is 12.4. The van der Waals surface area contributed by atoms with E-state index in [0.717, 1.165) is 0 Å². The second-order valence-corrected chi connectivity index (χ2v) is 10.0. The topological polar surface area (TPSA) is 3.24 Å². The minimum Gasteiger partial charge on any atom is -0.166 e. The Morgan fingerprint density at radius 2 is 0.840 bits per heavy atom. The van der Waals surface area contributed by atoms with Gasteiger partial charge in [0, 0.05) is 13.1 Å². The first-order valence-electron chi connectivity index (χ1n) is 9.24. The summed E-state index contributed by atoms with van der Waals surface area (Å²) in [6.07, 6.45) is 3.96. The van der Waals surface area contributed by atoms with E-state index in [9.17, 15) is 0 Å².